The first-order valence-corrected chi connectivity index (χ1v) is 12.6. The van der Waals surface area contributed by atoms with Crippen LogP contribution in [-0.2, 0) is 9.53 Å². The van der Waals surface area contributed by atoms with E-state index in [4.69, 9.17) is 33.7 Å². The number of nitrogens with one attached hydrogen (secondary N) is 2. The van der Waals surface area contributed by atoms with Crippen LogP contribution in [0.4, 0.5) is 15.8 Å². The highest BCUT2D eigenvalue weighted by atomic mass is 35.5. The lowest BCUT2D eigenvalue weighted by atomic mass is 9.88. The van der Waals surface area contributed by atoms with Gasteiger partial charge in [-0.3, -0.25) is 9.59 Å². The number of Topliss-reactive ketones (excluding diaryl/α,β-unsaturated/α-hetero) is 1. The fourth-order valence-corrected chi connectivity index (χ4v) is 5.19. The van der Waals surface area contributed by atoms with Crippen LogP contribution in [0.1, 0.15) is 50.6 Å². The molecule has 3 atom stereocenters. The van der Waals surface area contributed by atoms with Crippen LogP contribution in [0, 0.1) is 12.7 Å². The van der Waals surface area contributed by atoms with Gasteiger partial charge in [0.05, 0.1) is 23.7 Å². The van der Waals surface area contributed by atoms with E-state index in [2.05, 4.69) is 10.6 Å². The predicted molar refractivity (Wildman–Crippen MR) is 145 cm³/mol. The minimum atomic E-state index is -0.847. The molecule has 1 saturated heterocycles. The molecular weight excluding hydrogens is 532 g/mol. The molecule has 4 rings (SSSR count). The Kier molecular flexibility index (Phi) is 8.35. The number of halogens is 3. The lowest BCUT2D eigenvalue weighted by Crippen LogP contribution is -2.42. The molecule has 1 aliphatic heterocycles. The summed E-state index contributed by atoms with van der Waals surface area (Å²) in [7, 11) is 1.26. The van der Waals surface area contributed by atoms with E-state index in [9.17, 15) is 14.4 Å². The van der Waals surface area contributed by atoms with Gasteiger partial charge >= 0.3 is 5.97 Å². The van der Waals surface area contributed by atoms with Crippen LogP contribution in [0.5, 0.6) is 0 Å². The first kappa shape index (κ1) is 27.6. The van der Waals surface area contributed by atoms with E-state index in [-0.39, 0.29) is 39.6 Å². The van der Waals surface area contributed by atoms with Crippen LogP contribution in [0.25, 0.3) is 0 Å². The second-order valence-corrected chi connectivity index (χ2v) is 9.99. The fraction of sp³-hybridized carbons (Fsp3) is 0.250. The van der Waals surface area contributed by atoms with E-state index in [1.165, 1.54) is 25.3 Å². The molecule has 0 aromatic heterocycles. The van der Waals surface area contributed by atoms with Gasteiger partial charge in [0.25, 0.3) is 0 Å². The van der Waals surface area contributed by atoms with Gasteiger partial charge in [-0.25, -0.2) is 9.18 Å². The molecule has 0 bridgehead atoms. The maximum Gasteiger partial charge on any atom is 0.338 e. The number of anilines is 2. The zero-order valence-electron chi connectivity index (χ0n) is 20.7. The molecule has 7 nitrogen and oxygen atoms in total. The Balaban J connectivity index is 1.59. The number of carbonyl (C=O) groups is 3. The molecule has 3 aromatic rings. The normalized spacial score (nSPS) is 18.7. The number of hydrogen-bond donors (Lipinski definition) is 3. The van der Waals surface area contributed by atoms with E-state index in [1.54, 1.807) is 43.3 Å². The fourth-order valence-electron chi connectivity index (χ4n) is 4.82. The number of methoxy groups -OCH3 is 1. The molecule has 0 radical (unpaired) electrons. The Morgan fingerprint density at radius 1 is 1.11 bits per heavy atom. The second kappa shape index (κ2) is 11.5. The van der Waals surface area contributed by atoms with Crippen molar-refractivity contribution >= 4 is 52.2 Å². The topological polar surface area (TPSA) is 111 Å². The number of benzene rings is 3. The number of rotatable bonds is 7. The van der Waals surface area contributed by atoms with E-state index in [0.29, 0.717) is 22.7 Å². The van der Waals surface area contributed by atoms with Gasteiger partial charge in [-0.1, -0.05) is 41.4 Å². The minimum absolute atomic E-state index is 0.000834. The van der Waals surface area contributed by atoms with Gasteiger partial charge < -0.3 is 21.1 Å². The van der Waals surface area contributed by atoms with Gasteiger partial charge in [0, 0.05) is 40.3 Å². The van der Waals surface area contributed by atoms with Crippen LogP contribution >= 0.6 is 23.2 Å². The first-order valence-electron chi connectivity index (χ1n) is 11.9. The van der Waals surface area contributed by atoms with Crippen molar-refractivity contribution in [1.82, 2.24) is 5.32 Å². The Bertz CT molecular complexity index is 1410. The van der Waals surface area contributed by atoms with Gasteiger partial charge in [-0.15, -0.1) is 0 Å². The largest absolute Gasteiger partial charge is 0.465 e. The van der Waals surface area contributed by atoms with Crippen molar-refractivity contribution in [1.29, 1.82) is 0 Å². The summed E-state index contributed by atoms with van der Waals surface area (Å²) in [5, 5.41) is 6.42. The van der Waals surface area contributed by atoms with Crippen LogP contribution in [0.15, 0.2) is 54.6 Å². The van der Waals surface area contributed by atoms with Gasteiger partial charge in [-0.2, -0.15) is 0 Å². The number of hydrogen-bond acceptors (Lipinski definition) is 6. The van der Waals surface area contributed by atoms with Crippen molar-refractivity contribution in [3.05, 3.63) is 92.7 Å². The van der Waals surface area contributed by atoms with Crippen LogP contribution < -0.4 is 16.4 Å². The standard InChI is InChI=1S/C28H26Cl2FN3O4/c1-14-18(28(37)38-2)9-10-20(25(14)32)23(35)13-17-12-21(19-7-4-8-22(30)24(19)31)26(33-17)27(36)34-16-6-3-5-15(29)11-16/h3-11,17,21,26,33H,12-13,32H2,1-2H3,(H,34,36)/t17-,21?,26?/m1/s1. The lowest BCUT2D eigenvalue weighted by Gasteiger charge is -2.20. The van der Waals surface area contributed by atoms with Crippen LogP contribution in [0.2, 0.25) is 10.0 Å². The van der Waals surface area contributed by atoms with Crippen LogP contribution in [0.3, 0.4) is 0 Å². The Morgan fingerprint density at radius 2 is 1.82 bits per heavy atom. The van der Waals surface area contributed by atoms with Crippen molar-refractivity contribution in [3.8, 4) is 0 Å². The molecule has 0 aliphatic carbocycles. The highest BCUT2D eigenvalue weighted by molar-refractivity contribution is 6.31. The summed E-state index contributed by atoms with van der Waals surface area (Å²) < 4.78 is 19.8. The summed E-state index contributed by atoms with van der Waals surface area (Å²) in [6.45, 7) is 1.64. The lowest BCUT2D eigenvalue weighted by molar-refractivity contribution is -0.118. The minimum Gasteiger partial charge on any atom is -0.465 e. The van der Waals surface area contributed by atoms with Gasteiger partial charge in [-0.05, 0) is 60.9 Å². The van der Waals surface area contributed by atoms with Crippen LogP contribution in [-0.4, -0.2) is 36.9 Å². The third kappa shape index (κ3) is 5.67. The highest BCUT2D eigenvalue weighted by Gasteiger charge is 2.41. The molecule has 4 N–H and O–H groups in total. The molecule has 2 unspecified atom stereocenters. The molecule has 198 valence electrons. The molecule has 3 aromatic carbocycles. The van der Waals surface area contributed by atoms with Gasteiger partial charge in [0.1, 0.15) is 5.82 Å². The van der Waals surface area contributed by atoms with Crippen molar-refractivity contribution in [2.24, 2.45) is 0 Å². The molecule has 1 aliphatic rings. The SMILES string of the molecule is COC(=O)c1ccc(C(=O)C[C@H]2CC(c3cccc(Cl)c3F)C(C(=O)Nc3cccc(Cl)c3)N2)c(N)c1C. The molecule has 0 saturated carbocycles. The maximum atomic E-state index is 15.0. The quantitative estimate of drug-likeness (QED) is 0.200. The summed E-state index contributed by atoms with van der Waals surface area (Å²) in [5.41, 5.74) is 8.12. The molecule has 38 heavy (non-hydrogen) atoms. The molecule has 0 spiro atoms. The van der Waals surface area contributed by atoms with E-state index < -0.39 is 35.7 Å². The molecule has 10 heteroatoms. The van der Waals surface area contributed by atoms with E-state index in [1.807, 2.05) is 0 Å². The van der Waals surface area contributed by atoms with Crippen molar-refractivity contribution < 1.29 is 23.5 Å². The molecular formula is C28H26Cl2FN3O4. The number of ether oxygens (including phenoxy) is 1. The summed E-state index contributed by atoms with van der Waals surface area (Å²) in [5.74, 6) is -2.42. The average Bonchev–Trinajstić information content (AvgIpc) is 3.30. The highest BCUT2D eigenvalue weighted by Crippen LogP contribution is 2.37. The van der Waals surface area contributed by atoms with Crippen molar-refractivity contribution in [2.45, 2.75) is 37.8 Å². The summed E-state index contributed by atoms with van der Waals surface area (Å²) in [4.78, 5) is 38.5. The summed E-state index contributed by atoms with van der Waals surface area (Å²) in [6, 6.07) is 13.0. The Hall–Kier alpha value is -3.46. The van der Waals surface area contributed by atoms with E-state index in [0.717, 1.165) is 0 Å². The van der Waals surface area contributed by atoms with Gasteiger partial charge in [0.15, 0.2) is 5.78 Å². The number of esters is 1. The summed E-state index contributed by atoms with van der Waals surface area (Å²) >= 11 is 12.1. The number of ketones is 1. The monoisotopic (exact) mass is 557 g/mol. The zero-order chi connectivity index (χ0) is 27.6. The van der Waals surface area contributed by atoms with E-state index >= 15 is 4.39 Å². The third-order valence-corrected chi connectivity index (χ3v) is 7.29. The maximum absolute atomic E-state index is 15.0. The first-order chi connectivity index (χ1) is 18.1. The average molecular weight is 558 g/mol. The summed E-state index contributed by atoms with van der Waals surface area (Å²) in [6.07, 6.45) is 0.302. The number of amides is 1. The second-order valence-electron chi connectivity index (χ2n) is 9.14. The zero-order valence-corrected chi connectivity index (χ0v) is 22.2. The Morgan fingerprint density at radius 3 is 2.53 bits per heavy atom. The van der Waals surface area contributed by atoms with Crippen molar-refractivity contribution in [3.63, 3.8) is 0 Å². The van der Waals surface area contributed by atoms with Crippen molar-refractivity contribution in [2.75, 3.05) is 18.2 Å². The van der Waals surface area contributed by atoms with Gasteiger partial charge in [0.2, 0.25) is 5.91 Å². The third-order valence-electron chi connectivity index (χ3n) is 6.76. The number of nitrogens with two attached hydrogens (primary N) is 1. The Labute approximate surface area is 229 Å². The predicted octanol–water partition coefficient (Wildman–Crippen LogP) is 5.54. The molecule has 1 amide bonds. The molecule has 1 fully saturated rings. The smallest absolute Gasteiger partial charge is 0.338 e. The number of nitrogen functional groups attached to an aromatic ring is 1. The molecule has 1 heterocycles. The number of carbonyl (C=O) groups excluding carboxylic acids is 3.